The van der Waals surface area contributed by atoms with Gasteiger partial charge in [0, 0.05) is 12.4 Å². The Labute approximate surface area is 130 Å². The Morgan fingerprint density at radius 3 is 2.65 bits per heavy atom. The van der Waals surface area contributed by atoms with Crippen LogP contribution in [0.3, 0.4) is 0 Å². The van der Waals surface area contributed by atoms with Crippen molar-refractivity contribution in [2.24, 2.45) is 0 Å². The van der Waals surface area contributed by atoms with Crippen LogP contribution in [0.2, 0.25) is 0 Å². The number of hydrogen-bond donors (Lipinski definition) is 0. The van der Waals surface area contributed by atoms with E-state index in [0.717, 1.165) is 6.92 Å². The maximum atomic E-state index is 11.5. The van der Waals surface area contributed by atoms with Crippen molar-refractivity contribution in [3.8, 4) is 0 Å². The largest absolute Gasteiger partial charge is 0.510 e. The van der Waals surface area contributed by atoms with Crippen molar-refractivity contribution in [1.29, 1.82) is 0 Å². The molecule has 0 aliphatic heterocycles. The molecule has 0 saturated heterocycles. The van der Waals surface area contributed by atoms with Gasteiger partial charge in [-0.2, -0.15) is 0 Å². The molecule has 23 heavy (non-hydrogen) atoms. The zero-order valence-corrected chi connectivity index (χ0v) is 12.1. The summed E-state index contributed by atoms with van der Waals surface area (Å²) < 4.78 is 13.9. The van der Waals surface area contributed by atoms with Crippen LogP contribution in [0.4, 0.5) is 4.79 Å². The molecule has 0 aliphatic rings. The van der Waals surface area contributed by atoms with Crippen LogP contribution in [0, 0.1) is 10.1 Å². The van der Waals surface area contributed by atoms with Crippen LogP contribution in [0.25, 0.3) is 0 Å². The van der Waals surface area contributed by atoms with Gasteiger partial charge in [0.15, 0.2) is 0 Å². The SMILES string of the molecule is CC(OC(=O)OCC=CCOC(=O)c1cccnc1)O[N+](=O)[O-]. The molecule has 1 aromatic heterocycles. The van der Waals surface area contributed by atoms with E-state index in [2.05, 4.69) is 19.3 Å². The second kappa shape index (κ2) is 9.71. The Kier molecular flexibility index (Phi) is 7.55. The van der Waals surface area contributed by atoms with Crippen LogP contribution in [0.1, 0.15) is 17.3 Å². The van der Waals surface area contributed by atoms with Gasteiger partial charge in [0.1, 0.15) is 13.2 Å². The fourth-order valence-corrected chi connectivity index (χ4v) is 1.26. The second-order valence-electron chi connectivity index (χ2n) is 3.89. The molecule has 1 rings (SSSR count). The monoisotopic (exact) mass is 326 g/mol. The number of carbonyl (C=O) groups is 2. The number of aromatic nitrogens is 1. The van der Waals surface area contributed by atoms with Crippen molar-refractivity contribution < 1.29 is 33.7 Å². The van der Waals surface area contributed by atoms with Crippen LogP contribution >= 0.6 is 0 Å². The summed E-state index contributed by atoms with van der Waals surface area (Å²) in [4.78, 5) is 40.3. The highest BCUT2D eigenvalue weighted by atomic mass is 17.0. The number of hydrogen-bond acceptors (Lipinski definition) is 9. The second-order valence-corrected chi connectivity index (χ2v) is 3.89. The third-order valence-corrected chi connectivity index (χ3v) is 2.17. The molecule has 0 spiro atoms. The quantitative estimate of drug-likeness (QED) is 0.229. The lowest BCUT2D eigenvalue weighted by Crippen LogP contribution is -2.21. The summed E-state index contributed by atoms with van der Waals surface area (Å²) in [5, 5.41) is 8.89. The Morgan fingerprint density at radius 2 is 2.04 bits per heavy atom. The molecule has 0 radical (unpaired) electrons. The average Bonchev–Trinajstić information content (AvgIpc) is 2.50. The molecule has 124 valence electrons. The predicted molar refractivity (Wildman–Crippen MR) is 73.6 cm³/mol. The highest BCUT2D eigenvalue weighted by molar-refractivity contribution is 5.88. The number of rotatable bonds is 8. The molecule has 0 N–H and O–H groups in total. The first-order chi connectivity index (χ1) is 11.0. The number of nitrogens with zero attached hydrogens (tertiary/aromatic N) is 2. The van der Waals surface area contributed by atoms with E-state index in [9.17, 15) is 19.7 Å². The van der Waals surface area contributed by atoms with Crippen LogP contribution < -0.4 is 0 Å². The summed E-state index contributed by atoms with van der Waals surface area (Å²) in [7, 11) is 0. The van der Waals surface area contributed by atoms with Gasteiger partial charge in [0.05, 0.1) is 5.56 Å². The lowest BCUT2D eigenvalue weighted by Gasteiger charge is -2.09. The summed E-state index contributed by atoms with van der Waals surface area (Å²) in [6.45, 7) is 0.985. The van der Waals surface area contributed by atoms with E-state index in [1.54, 1.807) is 12.1 Å². The molecular formula is C13H14N2O8. The van der Waals surface area contributed by atoms with E-state index in [1.165, 1.54) is 24.5 Å². The first-order valence-corrected chi connectivity index (χ1v) is 6.35. The minimum Gasteiger partial charge on any atom is -0.458 e. The number of carbonyl (C=O) groups excluding carboxylic acids is 2. The van der Waals surface area contributed by atoms with Crippen molar-refractivity contribution in [2.45, 2.75) is 13.2 Å². The first-order valence-electron chi connectivity index (χ1n) is 6.35. The molecule has 0 aromatic carbocycles. The van der Waals surface area contributed by atoms with Crippen LogP contribution in [0.5, 0.6) is 0 Å². The molecule has 1 heterocycles. The lowest BCUT2D eigenvalue weighted by atomic mass is 10.3. The minimum absolute atomic E-state index is 0.0209. The molecule has 1 atom stereocenters. The molecule has 10 nitrogen and oxygen atoms in total. The molecule has 0 amide bonds. The minimum atomic E-state index is -1.37. The van der Waals surface area contributed by atoms with E-state index in [1.807, 2.05) is 0 Å². The number of esters is 1. The van der Waals surface area contributed by atoms with Crippen LogP contribution in [-0.4, -0.2) is 41.7 Å². The van der Waals surface area contributed by atoms with Gasteiger partial charge < -0.3 is 14.2 Å². The summed E-state index contributed by atoms with van der Waals surface area (Å²) in [6, 6.07) is 3.17. The number of pyridine rings is 1. The molecule has 10 heteroatoms. The molecule has 0 aliphatic carbocycles. The summed E-state index contributed by atoms with van der Waals surface area (Å²) in [6.07, 6.45) is 3.28. The van der Waals surface area contributed by atoms with E-state index >= 15 is 0 Å². The molecule has 1 aromatic rings. The van der Waals surface area contributed by atoms with E-state index in [-0.39, 0.29) is 13.2 Å². The molecule has 0 bridgehead atoms. The van der Waals surface area contributed by atoms with Crippen molar-refractivity contribution in [3.63, 3.8) is 0 Å². The van der Waals surface area contributed by atoms with Gasteiger partial charge in [-0.3, -0.25) is 9.82 Å². The Balaban J connectivity index is 2.16. The normalized spacial score (nSPS) is 11.5. The van der Waals surface area contributed by atoms with Crippen molar-refractivity contribution >= 4 is 12.1 Å². The number of ether oxygens (including phenoxy) is 3. The third-order valence-electron chi connectivity index (χ3n) is 2.17. The third kappa shape index (κ3) is 7.99. The van der Waals surface area contributed by atoms with Crippen LogP contribution in [0.15, 0.2) is 36.7 Å². The maximum Gasteiger partial charge on any atom is 0.510 e. The fraction of sp³-hybridized carbons (Fsp3) is 0.308. The Hall–Kier alpha value is -3.17. The van der Waals surface area contributed by atoms with Gasteiger partial charge in [-0.25, -0.2) is 9.59 Å². The Bertz CT molecular complexity index is 560. The first kappa shape index (κ1) is 17.9. The van der Waals surface area contributed by atoms with E-state index in [4.69, 9.17) is 4.74 Å². The standard InChI is InChI=1S/C13H14N2O8/c1-10(23-15(18)19)22-13(17)21-8-3-2-7-20-12(16)11-5-4-6-14-9-11/h2-6,9-10H,7-8H2,1H3. The molecule has 0 saturated carbocycles. The van der Waals surface area contributed by atoms with Gasteiger partial charge in [-0.05, 0) is 31.2 Å². The average molecular weight is 326 g/mol. The lowest BCUT2D eigenvalue weighted by molar-refractivity contribution is -0.777. The zero-order valence-electron chi connectivity index (χ0n) is 12.1. The molecule has 0 fully saturated rings. The zero-order chi connectivity index (χ0) is 17.1. The van der Waals surface area contributed by atoms with Crippen LogP contribution in [-0.2, 0) is 19.0 Å². The summed E-state index contributed by atoms with van der Waals surface area (Å²) in [5.41, 5.74) is 0.320. The smallest absolute Gasteiger partial charge is 0.458 e. The van der Waals surface area contributed by atoms with Gasteiger partial charge in [0.25, 0.3) is 5.09 Å². The van der Waals surface area contributed by atoms with Gasteiger partial charge in [-0.1, -0.05) is 0 Å². The summed E-state index contributed by atoms with van der Waals surface area (Å²) in [5.74, 6) is -0.533. The fourth-order valence-electron chi connectivity index (χ4n) is 1.26. The summed E-state index contributed by atoms with van der Waals surface area (Å²) >= 11 is 0. The predicted octanol–water partition coefficient (Wildman–Crippen LogP) is 1.50. The van der Waals surface area contributed by atoms with E-state index in [0.29, 0.717) is 5.56 Å². The highest BCUT2D eigenvalue weighted by Gasteiger charge is 2.13. The topological polar surface area (TPSA) is 127 Å². The van der Waals surface area contributed by atoms with Crippen molar-refractivity contribution in [1.82, 2.24) is 4.98 Å². The maximum absolute atomic E-state index is 11.5. The molecular weight excluding hydrogens is 312 g/mol. The van der Waals surface area contributed by atoms with Gasteiger partial charge in [-0.15, -0.1) is 10.1 Å². The Morgan fingerprint density at radius 1 is 1.35 bits per heavy atom. The van der Waals surface area contributed by atoms with Crippen molar-refractivity contribution in [2.75, 3.05) is 13.2 Å². The van der Waals surface area contributed by atoms with Gasteiger partial charge in [0.2, 0.25) is 6.29 Å². The highest BCUT2D eigenvalue weighted by Crippen LogP contribution is 1.99. The van der Waals surface area contributed by atoms with E-state index < -0.39 is 23.5 Å². The van der Waals surface area contributed by atoms with Gasteiger partial charge >= 0.3 is 12.1 Å². The molecule has 1 unspecified atom stereocenters. The van der Waals surface area contributed by atoms with Crippen molar-refractivity contribution in [3.05, 3.63) is 52.4 Å².